The lowest BCUT2D eigenvalue weighted by Crippen LogP contribution is -3.15. The molecule has 1 atom stereocenters. The molecule has 0 saturated carbocycles. The van der Waals surface area contributed by atoms with Gasteiger partial charge < -0.3 is 24.2 Å². The highest BCUT2D eigenvalue weighted by Gasteiger charge is 2.18. The van der Waals surface area contributed by atoms with E-state index in [4.69, 9.17) is 14.2 Å². The van der Waals surface area contributed by atoms with E-state index in [0.717, 1.165) is 38.6 Å². The molecule has 1 saturated heterocycles. The maximum Gasteiger partial charge on any atom is 0.126 e. The fourth-order valence-corrected chi connectivity index (χ4v) is 2.50. The van der Waals surface area contributed by atoms with Crippen molar-refractivity contribution in [2.24, 2.45) is 0 Å². The second kappa shape index (κ2) is 9.10. The van der Waals surface area contributed by atoms with Crippen LogP contribution in [0.3, 0.4) is 0 Å². The number of hydrogen-bond donors (Lipinski definition) is 2. The van der Waals surface area contributed by atoms with Crippen LogP contribution in [0, 0.1) is 13.8 Å². The molecular formula is C17H28NO4+. The van der Waals surface area contributed by atoms with Gasteiger partial charge in [0.15, 0.2) is 0 Å². The third-order valence-corrected chi connectivity index (χ3v) is 4.01. The zero-order valence-corrected chi connectivity index (χ0v) is 13.6. The van der Waals surface area contributed by atoms with E-state index in [-0.39, 0.29) is 0 Å². The van der Waals surface area contributed by atoms with Gasteiger partial charge in [-0.1, -0.05) is 6.07 Å². The number of rotatable bonds is 8. The summed E-state index contributed by atoms with van der Waals surface area (Å²) in [5, 5.41) is 9.96. The standard InChI is InChI=1S/C17H27NO4/c1-14-3-4-17(11-15(14)2)22-10-9-21-13-16(19)12-18-5-7-20-8-6-18/h3-4,11,16,19H,5-10,12-13H2,1-2H3/p+1/t16-/m0/s1. The fourth-order valence-electron chi connectivity index (χ4n) is 2.50. The van der Waals surface area contributed by atoms with Crippen LogP contribution >= 0.6 is 0 Å². The van der Waals surface area contributed by atoms with Crippen molar-refractivity contribution in [2.45, 2.75) is 20.0 Å². The first-order valence-corrected chi connectivity index (χ1v) is 8.02. The van der Waals surface area contributed by atoms with E-state index < -0.39 is 6.10 Å². The summed E-state index contributed by atoms with van der Waals surface area (Å²) in [6, 6.07) is 6.06. The van der Waals surface area contributed by atoms with Gasteiger partial charge in [0, 0.05) is 0 Å². The molecule has 1 aliphatic heterocycles. The summed E-state index contributed by atoms with van der Waals surface area (Å²) in [5.41, 5.74) is 2.49. The van der Waals surface area contributed by atoms with Gasteiger partial charge >= 0.3 is 0 Å². The summed E-state index contributed by atoms with van der Waals surface area (Å²) in [4.78, 5) is 1.38. The largest absolute Gasteiger partial charge is 0.491 e. The normalized spacial score (nSPS) is 17.4. The van der Waals surface area contributed by atoms with Crippen molar-refractivity contribution < 1.29 is 24.2 Å². The molecule has 0 bridgehead atoms. The van der Waals surface area contributed by atoms with E-state index in [2.05, 4.69) is 19.9 Å². The van der Waals surface area contributed by atoms with E-state index in [0.29, 0.717) is 19.8 Å². The Morgan fingerprint density at radius 1 is 1.18 bits per heavy atom. The van der Waals surface area contributed by atoms with Crippen molar-refractivity contribution >= 4 is 0 Å². The fraction of sp³-hybridized carbons (Fsp3) is 0.647. The van der Waals surface area contributed by atoms with E-state index in [1.165, 1.54) is 16.0 Å². The van der Waals surface area contributed by atoms with Crippen LogP contribution in [-0.2, 0) is 9.47 Å². The molecule has 1 fully saturated rings. The van der Waals surface area contributed by atoms with E-state index in [1.807, 2.05) is 12.1 Å². The number of benzene rings is 1. The SMILES string of the molecule is Cc1ccc(OCCOC[C@@H](O)C[NH+]2CCOCC2)cc1C. The number of aliphatic hydroxyl groups is 1. The van der Waals surface area contributed by atoms with Crippen molar-refractivity contribution in [1.82, 2.24) is 0 Å². The third-order valence-electron chi connectivity index (χ3n) is 4.01. The number of hydrogen-bond acceptors (Lipinski definition) is 4. The summed E-state index contributed by atoms with van der Waals surface area (Å²) in [6.07, 6.45) is -0.422. The molecule has 1 aromatic carbocycles. The topological polar surface area (TPSA) is 52.4 Å². The highest BCUT2D eigenvalue weighted by atomic mass is 16.5. The molecule has 0 radical (unpaired) electrons. The molecule has 1 aromatic rings. The van der Waals surface area contributed by atoms with Crippen LogP contribution in [0.5, 0.6) is 5.75 Å². The summed E-state index contributed by atoms with van der Waals surface area (Å²) < 4.78 is 16.4. The molecule has 0 spiro atoms. The van der Waals surface area contributed by atoms with Gasteiger partial charge in [0.2, 0.25) is 0 Å². The predicted octanol–water partition coefficient (Wildman–Crippen LogP) is -0.0252. The molecule has 1 aliphatic rings. The number of aliphatic hydroxyl groups excluding tert-OH is 1. The van der Waals surface area contributed by atoms with Crippen LogP contribution in [0.15, 0.2) is 18.2 Å². The number of ether oxygens (including phenoxy) is 3. The molecule has 0 unspecified atom stereocenters. The van der Waals surface area contributed by atoms with Crippen molar-refractivity contribution in [3.05, 3.63) is 29.3 Å². The van der Waals surface area contributed by atoms with E-state index in [1.54, 1.807) is 0 Å². The summed E-state index contributed by atoms with van der Waals surface area (Å²) in [7, 11) is 0. The third kappa shape index (κ3) is 5.93. The number of morpholine rings is 1. The van der Waals surface area contributed by atoms with Crippen LogP contribution < -0.4 is 9.64 Å². The summed E-state index contributed by atoms with van der Waals surface area (Å²) in [5.74, 6) is 0.866. The Kier molecular flexibility index (Phi) is 7.12. The van der Waals surface area contributed by atoms with Crippen LogP contribution in [0.4, 0.5) is 0 Å². The molecule has 0 aromatic heterocycles. The molecule has 22 heavy (non-hydrogen) atoms. The Bertz CT molecular complexity index is 446. The average molecular weight is 310 g/mol. The van der Waals surface area contributed by atoms with Gasteiger partial charge in [0.1, 0.15) is 38.1 Å². The molecule has 2 N–H and O–H groups in total. The number of quaternary nitrogens is 1. The maximum atomic E-state index is 9.96. The van der Waals surface area contributed by atoms with Crippen molar-refractivity contribution in [2.75, 3.05) is 52.7 Å². The lowest BCUT2D eigenvalue weighted by atomic mass is 10.1. The van der Waals surface area contributed by atoms with Gasteiger partial charge in [-0.25, -0.2) is 0 Å². The molecule has 1 heterocycles. The van der Waals surface area contributed by atoms with Gasteiger partial charge in [0.05, 0.1) is 26.4 Å². The van der Waals surface area contributed by atoms with Crippen molar-refractivity contribution in [1.29, 1.82) is 0 Å². The van der Waals surface area contributed by atoms with Gasteiger partial charge in [-0.3, -0.25) is 0 Å². The molecule has 124 valence electrons. The summed E-state index contributed by atoms with van der Waals surface area (Å²) in [6.45, 7) is 9.73. The molecular weight excluding hydrogens is 282 g/mol. The second-order valence-corrected chi connectivity index (χ2v) is 5.89. The smallest absolute Gasteiger partial charge is 0.126 e. The van der Waals surface area contributed by atoms with Gasteiger partial charge in [0.25, 0.3) is 0 Å². The molecule has 5 nitrogen and oxygen atoms in total. The Balaban J connectivity index is 1.55. The second-order valence-electron chi connectivity index (χ2n) is 5.89. The van der Waals surface area contributed by atoms with Gasteiger partial charge in [-0.15, -0.1) is 0 Å². The minimum atomic E-state index is -0.422. The lowest BCUT2D eigenvalue weighted by molar-refractivity contribution is -0.911. The average Bonchev–Trinajstić information content (AvgIpc) is 2.51. The zero-order chi connectivity index (χ0) is 15.8. The summed E-state index contributed by atoms with van der Waals surface area (Å²) >= 11 is 0. The Morgan fingerprint density at radius 2 is 1.95 bits per heavy atom. The van der Waals surface area contributed by atoms with Crippen LogP contribution in [0.25, 0.3) is 0 Å². The Morgan fingerprint density at radius 3 is 2.68 bits per heavy atom. The highest BCUT2D eigenvalue weighted by molar-refractivity contribution is 5.33. The molecule has 5 heteroatoms. The van der Waals surface area contributed by atoms with Crippen molar-refractivity contribution in [3.8, 4) is 5.75 Å². The predicted molar refractivity (Wildman–Crippen MR) is 84.6 cm³/mol. The van der Waals surface area contributed by atoms with Crippen LogP contribution in [0.1, 0.15) is 11.1 Å². The lowest BCUT2D eigenvalue weighted by Gasteiger charge is -2.25. The van der Waals surface area contributed by atoms with Crippen molar-refractivity contribution in [3.63, 3.8) is 0 Å². The van der Waals surface area contributed by atoms with Gasteiger partial charge in [-0.05, 0) is 37.1 Å². The first-order chi connectivity index (χ1) is 10.6. The molecule has 0 amide bonds. The first-order valence-electron chi connectivity index (χ1n) is 8.02. The minimum absolute atomic E-state index is 0.362. The number of aryl methyl sites for hydroxylation is 2. The van der Waals surface area contributed by atoms with E-state index >= 15 is 0 Å². The maximum absolute atomic E-state index is 9.96. The Hall–Kier alpha value is -1.14. The first kappa shape index (κ1) is 17.2. The Labute approximate surface area is 132 Å². The molecule has 0 aliphatic carbocycles. The monoisotopic (exact) mass is 310 g/mol. The van der Waals surface area contributed by atoms with Crippen LogP contribution in [0.2, 0.25) is 0 Å². The van der Waals surface area contributed by atoms with Gasteiger partial charge in [-0.2, -0.15) is 0 Å². The van der Waals surface area contributed by atoms with Crippen LogP contribution in [-0.4, -0.2) is 63.9 Å². The van der Waals surface area contributed by atoms with E-state index in [9.17, 15) is 5.11 Å². The highest BCUT2D eigenvalue weighted by Crippen LogP contribution is 2.16. The molecule has 2 rings (SSSR count). The quantitative estimate of drug-likeness (QED) is 0.663. The number of nitrogens with one attached hydrogen (secondary N) is 1. The minimum Gasteiger partial charge on any atom is -0.491 e. The zero-order valence-electron chi connectivity index (χ0n) is 13.6.